The second-order valence-electron chi connectivity index (χ2n) is 6.05. The van der Waals surface area contributed by atoms with Gasteiger partial charge in [0.15, 0.2) is 5.60 Å². The summed E-state index contributed by atoms with van der Waals surface area (Å²) >= 11 is 0. The summed E-state index contributed by atoms with van der Waals surface area (Å²) < 4.78 is 11.2. The van der Waals surface area contributed by atoms with E-state index in [4.69, 9.17) is 9.47 Å². The van der Waals surface area contributed by atoms with E-state index < -0.39 is 5.60 Å². The molecule has 21 heavy (non-hydrogen) atoms. The van der Waals surface area contributed by atoms with E-state index in [2.05, 4.69) is 19.1 Å². The highest BCUT2D eigenvalue weighted by molar-refractivity contribution is 5.04. The van der Waals surface area contributed by atoms with Gasteiger partial charge in [0, 0.05) is 7.11 Å². The summed E-state index contributed by atoms with van der Waals surface area (Å²) in [4.78, 5) is 0. The molecule has 0 aromatic rings. The van der Waals surface area contributed by atoms with Crippen LogP contribution in [0.2, 0.25) is 0 Å². The maximum absolute atomic E-state index is 9.56. The minimum atomic E-state index is -0.524. The Kier molecular flexibility index (Phi) is 9.37. The number of rotatable bonds is 10. The number of unbranched alkanes of at least 4 members (excludes halogenated alkanes) is 3. The molecule has 0 spiro atoms. The first-order valence-electron chi connectivity index (χ1n) is 8.49. The van der Waals surface area contributed by atoms with Gasteiger partial charge >= 0.3 is 0 Å². The summed E-state index contributed by atoms with van der Waals surface area (Å²) in [5, 5.41) is 9.56. The first-order chi connectivity index (χ1) is 10.3. The molecule has 1 aliphatic rings. The third-order valence-electron chi connectivity index (χ3n) is 4.21. The van der Waals surface area contributed by atoms with Gasteiger partial charge in [-0.05, 0) is 44.9 Å². The molecule has 0 aromatic carbocycles. The van der Waals surface area contributed by atoms with Crippen molar-refractivity contribution in [3.63, 3.8) is 0 Å². The molecular formula is C18H31NO2. The van der Waals surface area contributed by atoms with Crippen LogP contribution in [0.5, 0.6) is 0 Å². The van der Waals surface area contributed by atoms with Crippen molar-refractivity contribution in [3.8, 4) is 6.07 Å². The standard InChI is InChI=1S/C18H31NO2/c1-3-4-7-11-17-12-10-14-18(16-19,21-17)13-8-5-6-9-15-20-2/h6,9,17H,3-5,7-8,10-15H2,1-2H3/b9-6+/t17-,18+/m0/s1. The van der Waals surface area contributed by atoms with Crippen LogP contribution in [0.4, 0.5) is 0 Å². The Morgan fingerprint density at radius 2 is 2.19 bits per heavy atom. The zero-order valence-corrected chi connectivity index (χ0v) is 13.8. The predicted octanol–water partition coefficient (Wildman–Crippen LogP) is 4.77. The lowest BCUT2D eigenvalue weighted by molar-refractivity contribution is -0.102. The summed E-state index contributed by atoms with van der Waals surface area (Å²) in [5.74, 6) is 0. The summed E-state index contributed by atoms with van der Waals surface area (Å²) in [7, 11) is 1.70. The largest absolute Gasteiger partial charge is 0.381 e. The number of ether oxygens (including phenoxy) is 2. The number of hydrogen-bond donors (Lipinski definition) is 0. The molecule has 0 unspecified atom stereocenters. The van der Waals surface area contributed by atoms with Crippen LogP contribution >= 0.6 is 0 Å². The third-order valence-corrected chi connectivity index (χ3v) is 4.21. The quantitative estimate of drug-likeness (QED) is 0.430. The second-order valence-corrected chi connectivity index (χ2v) is 6.05. The van der Waals surface area contributed by atoms with E-state index in [0.29, 0.717) is 12.7 Å². The van der Waals surface area contributed by atoms with E-state index in [1.165, 1.54) is 19.3 Å². The lowest BCUT2D eigenvalue weighted by Gasteiger charge is -2.36. The van der Waals surface area contributed by atoms with Gasteiger partial charge in [-0.15, -0.1) is 0 Å². The van der Waals surface area contributed by atoms with Crippen molar-refractivity contribution in [2.45, 2.75) is 82.8 Å². The van der Waals surface area contributed by atoms with E-state index in [-0.39, 0.29) is 0 Å². The minimum absolute atomic E-state index is 0.300. The average molecular weight is 293 g/mol. The Bertz CT molecular complexity index is 335. The Morgan fingerprint density at radius 3 is 2.90 bits per heavy atom. The van der Waals surface area contributed by atoms with Gasteiger partial charge < -0.3 is 9.47 Å². The maximum Gasteiger partial charge on any atom is 0.154 e. The molecule has 0 radical (unpaired) electrons. The van der Waals surface area contributed by atoms with Crippen LogP contribution in [-0.4, -0.2) is 25.4 Å². The fourth-order valence-corrected chi connectivity index (χ4v) is 2.99. The van der Waals surface area contributed by atoms with Crippen LogP contribution < -0.4 is 0 Å². The predicted molar refractivity (Wildman–Crippen MR) is 86.1 cm³/mol. The summed E-state index contributed by atoms with van der Waals surface area (Å²) in [6.07, 6.45) is 15.3. The molecule has 120 valence electrons. The van der Waals surface area contributed by atoms with Crippen molar-refractivity contribution in [3.05, 3.63) is 12.2 Å². The van der Waals surface area contributed by atoms with Gasteiger partial charge in [-0.25, -0.2) is 0 Å². The monoisotopic (exact) mass is 293 g/mol. The minimum Gasteiger partial charge on any atom is -0.381 e. The third kappa shape index (κ3) is 7.11. The molecule has 3 heteroatoms. The van der Waals surface area contributed by atoms with E-state index in [1.54, 1.807) is 7.11 Å². The van der Waals surface area contributed by atoms with Crippen LogP contribution in [0.1, 0.15) is 71.1 Å². The Morgan fingerprint density at radius 1 is 1.33 bits per heavy atom. The summed E-state index contributed by atoms with van der Waals surface area (Å²) in [6.45, 7) is 2.89. The average Bonchev–Trinajstić information content (AvgIpc) is 2.51. The fourth-order valence-electron chi connectivity index (χ4n) is 2.99. The molecular weight excluding hydrogens is 262 g/mol. The smallest absolute Gasteiger partial charge is 0.154 e. The normalized spacial score (nSPS) is 26.0. The van der Waals surface area contributed by atoms with Crippen LogP contribution in [0.25, 0.3) is 0 Å². The number of hydrogen-bond acceptors (Lipinski definition) is 3. The van der Waals surface area contributed by atoms with Crippen molar-refractivity contribution < 1.29 is 9.47 Å². The van der Waals surface area contributed by atoms with Gasteiger partial charge in [0.25, 0.3) is 0 Å². The number of nitriles is 1. The van der Waals surface area contributed by atoms with Crippen LogP contribution in [0.3, 0.4) is 0 Å². The van der Waals surface area contributed by atoms with E-state index in [9.17, 15) is 5.26 Å². The molecule has 0 aliphatic carbocycles. The van der Waals surface area contributed by atoms with Gasteiger partial charge in [0.05, 0.1) is 18.8 Å². The zero-order valence-electron chi connectivity index (χ0n) is 13.8. The number of methoxy groups -OCH3 is 1. The molecule has 1 fully saturated rings. The van der Waals surface area contributed by atoms with Crippen molar-refractivity contribution in [1.82, 2.24) is 0 Å². The second kappa shape index (κ2) is 10.8. The zero-order chi connectivity index (χ0) is 15.4. The molecule has 0 amide bonds. The molecule has 3 nitrogen and oxygen atoms in total. The molecule has 0 N–H and O–H groups in total. The van der Waals surface area contributed by atoms with Crippen LogP contribution in [-0.2, 0) is 9.47 Å². The Hall–Kier alpha value is -0.850. The lowest BCUT2D eigenvalue weighted by atomic mass is 9.87. The molecule has 2 atom stereocenters. The van der Waals surface area contributed by atoms with Crippen molar-refractivity contribution >= 4 is 0 Å². The summed E-state index contributed by atoms with van der Waals surface area (Å²) in [6, 6.07) is 2.47. The van der Waals surface area contributed by atoms with Crippen molar-refractivity contribution in [2.24, 2.45) is 0 Å². The van der Waals surface area contributed by atoms with Crippen molar-refractivity contribution in [1.29, 1.82) is 5.26 Å². The molecule has 1 aliphatic heterocycles. The number of nitrogens with zero attached hydrogens (tertiary/aromatic N) is 1. The Labute approximate surface area is 130 Å². The lowest BCUT2D eigenvalue weighted by Crippen LogP contribution is -2.39. The maximum atomic E-state index is 9.56. The highest BCUT2D eigenvalue weighted by atomic mass is 16.5. The highest BCUT2D eigenvalue weighted by Crippen LogP contribution is 2.34. The van der Waals surface area contributed by atoms with Crippen LogP contribution in [0.15, 0.2) is 12.2 Å². The topological polar surface area (TPSA) is 42.2 Å². The fraction of sp³-hybridized carbons (Fsp3) is 0.833. The molecule has 0 saturated carbocycles. The van der Waals surface area contributed by atoms with Gasteiger partial charge in [-0.3, -0.25) is 0 Å². The van der Waals surface area contributed by atoms with Gasteiger partial charge in [0.2, 0.25) is 0 Å². The first-order valence-corrected chi connectivity index (χ1v) is 8.49. The Balaban J connectivity index is 2.34. The van der Waals surface area contributed by atoms with E-state index in [0.717, 1.165) is 44.9 Å². The van der Waals surface area contributed by atoms with Crippen molar-refractivity contribution in [2.75, 3.05) is 13.7 Å². The SMILES string of the molecule is CCCCC[C@H]1CCC[C@@](C#N)(CCC/C=C/COC)O1. The molecule has 1 rings (SSSR count). The molecule has 0 aromatic heterocycles. The number of allylic oxidation sites excluding steroid dienone is 1. The highest BCUT2D eigenvalue weighted by Gasteiger charge is 2.36. The van der Waals surface area contributed by atoms with E-state index in [1.807, 2.05) is 6.08 Å². The molecule has 1 heterocycles. The first kappa shape index (κ1) is 18.2. The van der Waals surface area contributed by atoms with Gasteiger partial charge in [-0.1, -0.05) is 38.3 Å². The van der Waals surface area contributed by atoms with E-state index >= 15 is 0 Å². The van der Waals surface area contributed by atoms with Gasteiger partial charge in [-0.2, -0.15) is 5.26 Å². The molecule has 1 saturated heterocycles. The van der Waals surface area contributed by atoms with Crippen LogP contribution in [0, 0.1) is 11.3 Å². The summed E-state index contributed by atoms with van der Waals surface area (Å²) in [5.41, 5.74) is -0.524. The van der Waals surface area contributed by atoms with Gasteiger partial charge in [0.1, 0.15) is 0 Å². The molecule has 0 bridgehead atoms.